The lowest BCUT2D eigenvalue weighted by atomic mass is 10.2. The Morgan fingerprint density at radius 3 is 2.45 bits per heavy atom. The Labute approximate surface area is 127 Å². The van der Waals surface area contributed by atoms with Gasteiger partial charge in [-0.15, -0.1) is 0 Å². The Hall–Kier alpha value is -2.64. The van der Waals surface area contributed by atoms with E-state index in [0.29, 0.717) is 0 Å². The number of esters is 1. The van der Waals surface area contributed by atoms with Gasteiger partial charge < -0.3 is 21.1 Å². The van der Waals surface area contributed by atoms with Crippen LogP contribution in [-0.2, 0) is 20.9 Å². The molecule has 1 aromatic carbocycles. The first-order valence-electron chi connectivity index (χ1n) is 6.63. The lowest BCUT2D eigenvalue weighted by molar-refractivity contribution is -0.154. The van der Waals surface area contributed by atoms with Gasteiger partial charge in [-0.25, -0.2) is 9.18 Å². The summed E-state index contributed by atoms with van der Waals surface area (Å²) in [5.41, 5.74) is 5.56. The van der Waals surface area contributed by atoms with E-state index in [1.165, 1.54) is 19.1 Å². The molecule has 0 spiro atoms. The monoisotopic (exact) mass is 311 g/mol. The fraction of sp³-hybridized carbons (Fsp3) is 0.357. The molecule has 0 aliphatic heterocycles. The number of urea groups is 1. The van der Waals surface area contributed by atoms with Crippen LogP contribution >= 0.6 is 0 Å². The van der Waals surface area contributed by atoms with Crippen molar-refractivity contribution < 1.29 is 23.5 Å². The van der Waals surface area contributed by atoms with Crippen LogP contribution in [0.3, 0.4) is 0 Å². The summed E-state index contributed by atoms with van der Waals surface area (Å²) in [7, 11) is 0. The van der Waals surface area contributed by atoms with Gasteiger partial charge >= 0.3 is 12.0 Å². The van der Waals surface area contributed by atoms with Gasteiger partial charge in [0, 0.05) is 13.1 Å². The average molecular weight is 311 g/mol. The topological polar surface area (TPSA) is 111 Å². The Morgan fingerprint density at radius 1 is 1.23 bits per heavy atom. The predicted octanol–water partition coefficient (Wildman–Crippen LogP) is 0.432. The summed E-state index contributed by atoms with van der Waals surface area (Å²) in [6, 6.07) is 4.93. The second-order valence-corrected chi connectivity index (χ2v) is 4.52. The molecule has 0 bridgehead atoms. The van der Waals surface area contributed by atoms with Crippen molar-refractivity contribution in [2.24, 2.45) is 5.73 Å². The third-order valence-corrected chi connectivity index (χ3v) is 2.69. The SMILES string of the molecule is C[C@H](OC(=O)CCNC(N)=O)C(=O)NCc1ccc(F)cc1. The van der Waals surface area contributed by atoms with Gasteiger partial charge in [-0.1, -0.05) is 12.1 Å². The van der Waals surface area contributed by atoms with Gasteiger partial charge in [0.2, 0.25) is 0 Å². The summed E-state index contributed by atoms with van der Waals surface area (Å²) in [5, 5.41) is 4.81. The van der Waals surface area contributed by atoms with E-state index in [-0.39, 0.29) is 25.3 Å². The molecule has 0 heterocycles. The summed E-state index contributed by atoms with van der Waals surface area (Å²) < 4.78 is 17.6. The molecule has 8 heteroatoms. The number of nitrogens with two attached hydrogens (primary N) is 1. The number of nitrogens with one attached hydrogen (secondary N) is 2. The number of amides is 3. The van der Waals surface area contributed by atoms with Crippen LogP contribution in [0.15, 0.2) is 24.3 Å². The van der Waals surface area contributed by atoms with E-state index in [0.717, 1.165) is 5.56 Å². The Kier molecular flexibility index (Phi) is 6.81. The minimum Gasteiger partial charge on any atom is -0.452 e. The van der Waals surface area contributed by atoms with Gasteiger partial charge in [-0.3, -0.25) is 9.59 Å². The van der Waals surface area contributed by atoms with E-state index in [2.05, 4.69) is 10.6 Å². The van der Waals surface area contributed by atoms with Gasteiger partial charge in [-0.05, 0) is 24.6 Å². The number of hydrogen-bond acceptors (Lipinski definition) is 4. The second kappa shape index (κ2) is 8.60. The molecular formula is C14H18FN3O4. The van der Waals surface area contributed by atoms with Crippen molar-refractivity contribution in [1.29, 1.82) is 0 Å². The van der Waals surface area contributed by atoms with Crippen molar-refractivity contribution in [3.63, 3.8) is 0 Å². The Bertz CT molecular complexity index is 533. The smallest absolute Gasteiger partial charge is 0.312 e. The fourth-order valence-electron chi connectivity index (χ4n) is 1.53. The summed E-state index contributed by atoms with van der Waals surface area (Å²) in [5.74, 6) is -1.46. The largest absolute Gasteiger partial charge is 0.452 e. The van der Waals surface area contributed by atoms with Crippen molar-refractivity contribution in [3.8, 4) is 0 Å². The van der Waals surface area contributed by atoms with Crippen molar-refractivity contribution in [1.82, 2.24) is 10.6 Å². The highest BCUT2D eigenvalue weighted by atomic mass is 19.1. The Balaban J connectivity index is 2.30. The zero-order chi connectivity index (χ0) is 16.5. The Morgan fingerprint density at radius 2 is 1.86 bits per heavy atom. The quantitative estimate of drug-likeness (QED) is 0.634. The van der Waals surface area contributed by atoms with Crippen molar-refractivity contribution in [3.05, 3.63) is 35.6 Å². The summed E-state index contributed by atoms with van der Waals surface area (Å²) >= 11 is 0. The number of primary amides is 1. The van der Waals surface area contributed by atoms with Gasteiger partial charge in [0.05, 0.1) is 6.42 Å². The van der Waals surface area contributed by atoms with Gasteiger partial charge in [0.25, 0.3) is 5.91 Å². The second-order valence-electron chi connectivity index (χ2n) is 4.52. The number of benzene rings is 1. The molecule has 0 saturated carbocycles. The third kappa shape index (κ3) is 6.69. The number of carbonyl (C=O) groups is 3. The molecular weight excluding hydrogens is 293 g/mol. The molecule has 3 amide bonds. The van der Waals surface area contributed by atoms with Crippen LogP contribution in [0.4, 0.5) is 9.18 Å². The first kappa shape index (κ1) is 17.4. The minimum absolute atomic E-state index is 0.0398. The third-order valence-electron chi connectivity index (χ3n) is 2.69. The molecule has 0 fully saturated rings. The zero-order valence-electron chi connectivity index (χ0n) is 12.1. The van der Waals surface area contributed by atoms with E-state index in [1.807, 2.05) is 0 Å². The molecule has 1 aromatic rings. The molecule has 0 aliphatic rings. The molecule has 0 aromatic heterocycles. The molecule has 22 heavy (non-hydrogen) atoms. The van der Waals surface area contributed by atoms with Crippen LogP contribution in [0, 0.1) is 5.82 Å². The lowest BCUT2D eigenvalue weighted by Gasteiger charge is -2.13. The fourth-order valence-corrected chi connectivity index (χ4v) is 1.53. The maximum absolute atomic E-state index is 12.7. The van der Waals surface area contributed by atoms with E-state index in [1.54, 1.807) is 12.1 Å². The van der Waals surface area contributed by atoms with Crippen molar-refractivity contribution >= 4 is 17.9 Å². The summed E-state index contributed by atoms with van der Waals surface area (Å²) in [6.07, 6.45) is -1.06. The van der Waals surface area contributed by atoms with E-state index in [4.69, 9.17) is 10.5 Å². The number of rotatable bonds is 7. The van der Waals surface area contributed by atoms with Crippen molar-refractivity contribution in [2.45, 2.75) is 26.0 Å². The molecule has 7 nitrogen and oxygen atoms in total. The lowest BCUT2D eigenvalue weighted by Crippen LogP contribution is -2.36. The van der Waals surface area contributed by atoms with Crippen LogP contribution in [0.2, 0.25) is 0 Å². The molecule has 0 aliphatic carbocycles. The molecule has 1 atom stereocenters. The highest BCUT2D eigenvalue weighted by Crippen LogP contribution is 2.03. The first-order valence-corrected chi connectivity index (χ1v) is 6.63. The highest BCUT2D eigenvalue weighted by Gasteiger charge is 2.17. The maximum atomic E-state index is 12.7. The molecule has 4 N–H and O–H groups in total. The number of ether oxygens (including phenoxy) is 1. The van der Waals surface area contributed by atoms with Crippen LogP contribution in [-0.4, -0.2) is 30.6 Å². The number of carbonyl (C=O) groups excluding carboxylic acids is 3. The molecule has 0 saturated heterocycles. The number of hydrogen-bond donors (Lipinski definition) is 3. The van der Waals surface area contributed by atoms with Gasteiger partial charge in [0.1, 0.15) is 5.82 Å². The molecule has 1 rings (SSSR count). The normalized spacial score (nSPS) is 11.4. The molecule has 0 radical (unpaired) electrons. The van der Waals surface area contributed by atoms with Crippen molar-refractivity contribution in [2.75, 3.05) is 6.54 Å². The molecule has 0 unspecified atom stereocenters. The van der Waals surface area contributed by atoms with Crippen LogP contribution in [0.5, 0.6) is 0 Å². The highest BCUT2D eigenvalue weighted by molar-refractivity contribution is 5.83. The first-order chi connectivity index (χ1) is 10.4. The number of halogens is 1. The summed E-state index contributed by atoms with van der Waals surface area (Å²) in [4.78, 5) is 33.6. The van der Waals surface area contributed by atoms with Crippen LogP contribution in [0.1, 0.15) is 18.9 Å². The van der Waals surface area contributed by atoms with E-state index < -0.39 is 24.0 Å². The average Bonchev–Trinajstić information content (AvgIpc) is 2.45. The standard InChI is InChI=1S/C14H18FN3O4/c1-9(22-12(19)6-7-17-14(16)21)13(20)18-8-10-2-4-11(15)5-3-10/h2-5,9H,6-8H2,1H3,(H,18,20)(H3,16,17,21)/t9-/m0/s1. The summed E-state index contributed by atoms with van der Waals surface area (Å²) in [6.45, 7) is 1.67. The maximum Gasteiger partial charge on any atom is 0.312 e. The van der Waals surface area contributed by atoms with Gasteiger partial charge in [0.15, 0.2) is 6.10 Å². The zero-order valence-corrected chi connectivity index (χ0v) is 12.1. The molecule has 120 valence electrons. The van der Waals surface area contributed by atoms with E-state index >= 15 is 0 Å². The van der Waals surface area contributed by atoms with E-state index in [9.17, 15) is 18.8 Å². The minimum atomic E-state index is -0.971. The predicted molar refractivity (Wildman–Crippen MR) is 76.0 cm³/mol. The van der Waals surface area contributed by atoms with Crippen LogP contribution in [0.25, 0.3) is 0 Å². The van der Waals surface area contributed by atoms with Gasteiger partial charge in [-0.2, -0.15) is 0 Å². The van der Waals surface area contributed by atoms with Crippen LogP contribution < -0.4 is 16.4 Å².